The number of nitrogens with one attached hydrogen (secondary N) is 1. The van der Waals surface area contributed by atoms with Gasteiger partial charge < -0.3 is 10.1 Å². The lowest BCUT2D eigenvalue weighted by atomic mass is 9.94. The monoisotopic (exact) mass is 249 g/mol. The van der Waals surface area contributed by atoms with Crippen molar-refractivity contribution in [3.05, 3.63) is 29.8 Å². The van der Waals surface area contributed by atoms with Gasteiger partial charge in [-0.25, -0.2) is 0 Å². The lowest BCUT2D eigenvalue weighted by molar-refractivity contribution is 0.339. The number of hydrogen-bond acceptors (Lipinski definition) is 2. The first kappa shape index (κ1) is 15.0. The second-order valence-corrected chi connectivity index (χ2v) is 5.00. The largest absolute Gasteiger partial charge is 0.494 e. The fraction of sp³-hybridized carbons (Fsp3) is 0.625. The Kier molecular flexibility index (Phi) is 6.81. The molecule has 0 aliphatic carbocycles. The summed E-state index contributed by atoms with van der Waals surface area (Å²) in [5.41, 5.74) is 1.37. The van der Waals surface area contributed by atoms with Crippen molar-refractivity contribution in [2.45, 2.75) is 52.5 Å². The van der Waals surface area contributed by atoms with Crippen molar-refractivity contribution in [1.29, 1.82) is 0 Å². The average molecular weight is 249 g/mol. The molecule has 0 saturated carbocycles. The van der Waals surface area contributed by atoms with Gasteiger partial charge >= 0.3 is 0 Å². The van der Waals surface area contributed by atoms with Crippen LogP contribution in [0.5, 0.6) is 5.75 Å². The highest BCUT2D eigenvalue weighted by atomic mass is 16.5. The van der Waals surface area contributed by atoms with Gasteiger partial charge in [-0.1, -0.05) is 26.0 Å². The van der Waals surface area contributed by atoms with Gasteiger partial charge in [-0.15, -0.1) is 0 Å². The second-order valence-electron chi connectivity index (χ2n) is 5.00. The molecule has 0 spiro atoms. The van der Waals surface area contributed by atoms with E-state index >= 15 is 0 Å². The zero-order valence-electron chi connectivity index (χ0n) is 12.2. The van der Waals surface area contributed by atoms with E-state index in [1.54, 1.807) is 0 Å². The molecule has 102 valence electrons. The second kappa shape index (κ2) is 8.15. The maximum absolute atomic E-state index is 5.55. The van der Waals surface area contributed by atoms with E-state index in [1.807, 2.05) is 13.0 Å². The molecule has 1 aromatic rings. The molecule has 2 atom stereocenters. The highest BCUT2D eigenvalue weighted by Gasteiger charge is 2.10. The summed E-state index contributed by atoms with van der Waals surface area (Å²) in [5.74, 6) is 1.54. The molecule has 0 bridgehead atoms. The van der Waals surface area contributed by atoms with Gasteiger partial charge in [0.2, 0.25) is 0 Å². The molecule has 0 aromatic heterocycles. The van der Waals surface area contributed by atoms with Crippen molar-refractivity contribution in [2.24, 2.45) is 0 Å². The molecule has 0 saturated heterocycles. The standard InChI is InChI=1S/C16H27NO/c1-5-10-17-14(4)11-13(3)15-8-7-9-16(12-15)18-6-2/h7-9,12-14,17H,5-6,10-11H2,1-4H3. The van der Waals surface area contributed by atoms with Crippen molar-refractivity contribution in [2.75, 3.05) is 13.2 Å². The third-order valence-corrected chi connectivity index (χ3v) is 3.19. The fourth-order valence-corrected chi connectivity index (χ4v) is 2.22. The van der Waals surface area contributed by atoms with Crippen LogP contribution in [0.1, 0.15) is 52.0 Å². The Morgan fingerprint density at radius 2 is 2.00 bits per heavy atom. The molecule has 0 heterocycles. The third kappa shape index (κ3) is 5.09. The summed E-state index contributed by atoms with van der Waals surface area (Å²) in [7, 11) is 0. The number of ether oxygens (including phenoxy) is 1. The summed E-state index contributed by atoms with van der Waals surface area (Å²) >= 11 is 0. The van der Waals surface area contributed by atoms with Crippen LogP contribution in [0, 0.1) is 0 Å². The molecular weight excluding hydrogens is 222 g/mol. The van der Waals surface area contributed by atoms with Gasteiger partial charge in [0.15, 0.2) is 0 Å². The van der Waals surface area contributed by atoms with Gasteiger partial charge in [0.1, 0.15) is 5.75 Å². The molecule has 1 N–H and O–H groups in total. The summed E-state index contributed by atoms with van der Waals surface area (Å²) in [6.07, 6.45) is 2.36. The molecule has 0 aliphatic heterocycles. The predicted octanol–water partition coefficient (Wildman–Crippen LogP) is 3.97. The smallest absolute Gasteiger partial charge is 0.119 e. The summed E-state index contributed by atoms with van der Waals surface area (Å²) in [6, 6.07) is 9.04. The SMILES string of the molecule is CCCNC(C)CC(C)c1cccc(OCC)c1. The average Bonchev–Trinajstić information content (AvgIpc) is 2.37. The van der Waals surface area contributed by atoms with Crippen LogP contribution in [0.3, 0.4) is 0 Å². The van der Waals surface area contributed by atoms with E-state index in [4.69, 9.17) is 4.74 Å². The number of rotatable bonds is 8. The Bertz CT molecular complexity index is 338. The highest BCUT2D eigenvalue weighted by Crippen LogP contribution is 2.24. The van der Waals surface area contributed by atoms with Gasteiger partial charge in [-0.3, -0.25) is 0 Å². The Hall–Kier alpha value is -1.02. The predicted molar refractivity (Wildman–Crippen MR) is 78.4 cm³/mol. The zero-order valence-corrected chi connectivity index (χ0v) is 12.2. The fourth-order valence-electron chi connectivity index (χ4n) is 2.22. The van der Waals surface area contributed by atoms with E-state index in [2.05, 4.69) is 44.3 Å². The Balaban J connectivity index is 2.54. The summed E-state index contributed by atoms with van der Waals surface area (Å²) in [6.45, 7) is 10.6. The van der Waals surface area contributed by atoms with Gasteiger partial charge in [0.25, 0.3) is 0 Å². The van der Waals surface area contributed by atoms with Crippen LogP contribution >= 0.6 is 0 Å². The van der Waals surface area contributed by atoms with Crippen molar-refractivity contribution < 1.29 is 4.74 Å². The Morgan fingerprint density at radius 3 is 2.67 bits per heavy atom. The highest BCUT2D eigenvalue weighted by molar-refractivity contribution is 5.30. The zero-order chi connectivity index (χ0) is 13.4. The lowest BCUT2D eigenvalue weighted by Gasteiger charge is -2.19. The normalized spacial score (nSPS) is 14.2. The third-order valence-electron chi connectivity index (χ3n) is 3.19. The number of benzene rings is 1. The van der Waals surface area contributed by atoms with Crippen LogP contribution in [-0.4, -0.2) is 19.2 Å². The molecule has 1 rings (SSSR count). The summed E-state index contributed by atoms with van der Waals surface area (Å²) < 4.78 is 5.55. The van der Waals surface area contributed by atoms with E-state index in [-0.39, 0.29) is 0 Å². The molecule has 0 amide bonds. The molecule has 2 nitrogen and oxygen atoms in total. The van der Waals surface area contributed by atoms with Gasteiger partial charge in [-0.2, -0.15) is 0 Å². The van der Waals surface area contributed by atoms with Crippen molar-refractivity contribution in [3.63, 3.8) is 0 Å². The van der Waals surface area contributed by atoms with Crippen LogP contribution in [-0.2, 0) is 0 Å². The van der Waals surface area contributed by atoms with Gasteiger partial charge in [0, 0.05) is 6.04 Å². The minimum atomic E-state index is 0.560. The van der Waals surface area contributed by atoms with Crippen LogP contribution in [0.2, 0.25) is 0 Å². The first-order chi connectivity index (χ1) is 8.67. The van der Waals surface area contributed by atoms with E-state index in [1.165, 1.54) is 12.0 Å². The van der Waals surface area contributed by atoms with E-state index < -0.39 is 0 Å². The molecule has 0 radical (unpaired) electrons. The van der Waals surface area contributed by atoms with Crippen LogP contribution < -0.4 is 10.1 Å². The maximum atomic E-state index is 5.55. The van der Waals surface area contributed by atoms with E-state index in [0.29, 0.717) is 12.0 Å². The summed E-state index contributed by atoms with van der Waals surface area (Å²) in [4.78, 5) is 0. The molecule has 2 unspecified atom stereocenters. The Labute approximate surface area is 112 Å². The topological polar surface area (TPSA) is 21.3 Å². The molecule has 1 aromatic carbocycles. The van der Waals surface area contributed by atoms with Crippen LogP contribution in [0.15, 0.2) is 24.3 Å². The molecule has 0 fully saturated rings. The lowest BCUT2D eigenvalue weighted by Crippen LogP contribution is -2.28. The summed E-state index contributed by atoms with van der Waals surface area (Å²) in [5, 5.41) is 3.54. The number of hydrogen-bond donors (Lipinski definition) is 1. The molecule has 0 aliphatic rings. The first-order valence-electron chi connectivity index (χ1n) is 7.13. The van der Waals surface area contributed by atoms with Crippen LogP contribution in [0.25, 0.3) is 0 Å². The maximum Gasteiger partial charge on any atom is 0.119 e. The quantitative estimate of drug-likeness (QED) is 0.753. The molecule has 2 heteroatoms. The van der Waals surface area contributed by atoms with Gasteiger partial charge in [-0.05, 0) is 56.8 Å². The van der Waals surface area contributed by atoms with Crippen molar-refractivity contribution >= 4 is 0 Å². The minimum absolute atomic E-state index is 0.560. The van der Waals surface area contributed by atoms with E-state index in [9.17, 15) is 0 Å². The van der Waals surface area contributed by atoms with Crippen molar-refractivity contribution in [3.8, 4) is 5.75 Å². The van der Waals surface area contributed by atoms with Crippen LogP contribution in [0.4, 0.5) is 0 Å². The molecular formula is C16H27NO. The molecule has 18 heavy (non-hydrogen) atoms. The minimum Gasteiger partial charge on any atom is -0.494 e. The first-order valence-corrected chi connectivity index (χ1v) is 7.13. The van der Waals surface area contributed by atoms with Gasteiger partial charge in [0.05, 0.1) is 6.61 Å². The Morgan fingerprint density at radius 1 is 1.22 bits per heavy atom. The van der Waals surface area contributed by atoms with E-state index in [0.717, 1.165) is 25.3 Å². The van der Waals surface area contributed by atoms with Crippen molar-refractivity contribution in [1.82, 2.24) is 5.32 Å².